The molecule has 1 unspecified atom stereocenters. The van der Waals surface area contributed by atoms with E-state index in [-0.39, 0.29) is 12.5 Å². The number of carboxylic acids is 1. The summed E-state index contributed by atoms with van der Waals surface area (Å²) in [5.41, 5.74) is 3.69. The summed E-state index contributed by atoms with van der Waals surface area (Å²) in [6.45, 7) is 5.34. The molecule has 0 fully saturated rings. The van der Waals surface area contributed by atoms with Crippen molar-refractivity contribution < 1.29 is 29.0 Å². The molecule has 1 atom stereocenters. The third kappa shape index (κ3) is 6.39. The summed E-state index contributed by atoms with van der Waals surface area (Å²) in [5, 5.41) is 12.0. The molecule has 0 saturated carbocycles. The summed E-state index contributed by atoms with van der Waals surface area (Å²) in [4.78, 5) is 38.8. The van der Waals surface area contributed by atoms with Crippen molar-refractivity contribution in [1.29, 1.82) is 0 Å². The van der Waals surface area contributed by atoms with Crippen molar-refractivity contribution in [1.82, 2.24) is 10.2 Å². The van der Waals surface area contributed by atoms with Gasteiger partial charge >= 0.3 is 12.1 Å². The Kier molecular flexibility index (Phi) is 8.51. The Morgan fingerprint density at radius 2 is 1.60 bits per heavy atom. The van der Waals surface area contributed by atoms with E-state index in [1.54, 1.807) is 27.9 Å². The maximum Gasteiger partial charge on any atom is 0.407 e. The number of methoxy groups -OCH3 is 1. The Morgan fingerprint density at radius 3 is 2.11 bits per heavy atom. The molecular weight excluding hydrogens is 448 g/mol. The zero-order valence-electron chi connectivity index (χ0n) is 20.7. The quantitative estimate of drug-likeness (QED) is 0.496. The standard InChI is InChI=1S/C27H34N2O6/c1-27(2,3)29(16-24(30)31)25(32)23(14-9-15-34-4)28-26(33)35-17-22-20-12-7-5-10-18(20)19-11-6-8-13-21(19)22/h5-8,10-13,22-23H,9,14-17H2,1-4H3,(H,28,33)(H,30,31). The molecular formula is C27H34N2O6. The average Bonchev–Trinajstić information content (AvgIpc) is 3.13. The predicted octanol–water partition coefficient (Wildman–Crippen LogP) is 4.03. The van der Waals surface area contributed by atoms with Crippen molar-refractivity contribution in [2.45, 2.75) is 51.1 Å². The van der Waals surface area contributed by atoms with Gasteiger partial charge in [0.2, 0.25) is 5.91 Å². The number of aliphatic carboxylic acids is 1. The van der Waals surface area contributed by atoms with Gasteiger partial charge in [0.15, 0.2) is 0 Å². The SMILES string of the molecule is COCCCC(NC(=O)OCC1c2ccccc2-c2ccccc21)C(=O)N(CC(=O)O)C(C)(C)C. The number of fused-ring (bicyclic) bond motifs is 3. The van der Waals surface area contributed by atoms with Gasteiger partial charge in [-0.3, -0.25) is 9.59 Å². The van der Waals surface area contributed by atoms with Gasteiger partial charge in [0.25, 0.3) is 0 Å². The molecule has 0 aromatic heterocycles. The van der Waals surface area contributed by atoms with Crippen molar-refractivity contribution >= 4 is 18.0 Å². The highest BCUT2D eigenvalue weighted by Gasteiger charge is 2.35. The molecule has 3 rings (SSSR count). The van der Waals surface area contributed by atoms with Gasteiger partial charge in [0, 0.05) is 25.2 Å². The molecule has 0 bridgehead atoms. The van der Waals surface area contributed by atoms with Crippen LogP contribution in [0.1, 0.15) is 50.7 Å². The maximum atomic E-state index is 13.3. The largest absolute Gasteiger partial charge is 0.480 e. The van der Waals surface area contributed by atoms with Crippen LogP contribution in [0, 0.1) is 0 Å². The van der Waals surface area contributed by atoms with Crippen molar-refractivity contribution in [2.24, 2.45) is 0 Å². The fraction of sp³-hybridized carbons (Fsp3) is 0.444. The lowest BCUT2D eigenvalue weighted by molar-refractivity contribution is -0.149. The number of carboxylic acid groups (broad SMARTS) is 1. The molecule has 0 heterocycles. The van der Waals surface area contributed by atoms with E-state index >= 15 is 0 Å². The third-order valence-electron chi connectivity index (χ3n) is 6.14. The van der Waals surface area contributed by atoms with Crippen molar-refractivity contribution in [3.63, 3.8) is 0 Å². The Balaban J connectivity index is 1.72. The van der Waals surface area contributed by atoms with Gasteiger partial charge in [-0.1, -0.05) is 48.5 Å². The number of amides is 2. The summed E-state index contributed by atoms with van der Waals surface area (Å²) in [6, 6.07) is 15.2. The number of nitrogens with one attached hydrogen (secondary N) is 1. The fourth-order valence-electron chi connectivity index (χ4n) is 4.44. The molecule has 8 heteroatoms. The van der Waals surface area contributed by atoms with Crippen LogP contribution in [0.4, 0.5) is 4.79 Å². The van der Waals surface area contributed by atoms with E-state index < -0.39 is 36.1 Å². The van der Waals surface area contributed by atoms with Crippen LogP contribution in [0.3, 0.4) is 0 Å². The van der Waals surface area contributed by atoms with Crippen molar-refractivity contribution in [3.05, 3.63) is 59.7 Å². The first-order valence-electron chi connectivity index (χ1n) is 11.8. The Hall–Kier alpha value is -3.39. The number of nitrogens with zero attached hydrogens (tertiary/aromatic N) is 1. The predicted molar refractivity (Wildman–Crippen MR) is 132 cm³/mol. The monoisotopic (exact) mass is 482 g/mol. The molecule has 188 valence electrons. The number of carbonyl (C=O) groups excluding carboxylic acids is 2. The normalized spacial score (nSPS) is 13.5. The number of alkyl carbamates (subject to hydrolysis) is 1. The minimum Gasteiger partial charge on any atom is -0.480 e. The summed E-state index contributed by atoms with van der Waals surface area (Å²) in [7, 11) is 1.56. The summed E-state index contributed by atoms with van der Waals surface area (Å²) >= 11 is 0. The number of ether oxygens (including phenoxy) is 2. The van der Waals surface area contributed by atoms with Crippen LogP contribution >= 0.6 is 0 Å². The lowest BCUT2D eigenvalue weighted by atomic mass is 9.98. The average molecular weight is 483 g/mol. The Bertz CT molecular complexity index is 1020. The first-order chi connectivity index (χ1) is 16.6. The van der Waals surface area contributed by atoms with Gasteiger partial charge in [-0.15, -0.1) is 0 Å². The number of hydrogen-bond donors (Lipinski definition) is 2. The van der Waals surface area contributed by atoms with Crippen LogP contribution in [-0.2, 0) is 19.1 Å². The van der Waals surface area contributed by atoms with E-state index in [1.807, 2.05) is 36.4 Å². The smallest absolute Gasteiger partial charge is 0.407 e. The van der Waals surface area contributed by atoms with Crippen LogP contribution in [0.2, 0.25) is 0 Å². The summed E-state index contributed by atoms with van der Waals surface area (Å²) in [6.07, 6.45) is 0.0943. The summed E-state index contributed by atoms with van der Waals surface area (Å²) < 4.78 is 10.7. The minimum absolute atomic E-state index is 0.103. The number of hydrogen-bond acceptors (Lipinski definition) is 5. The molecule has 0 radical (unpaired) electrons. The van der Waals surface area contributed by atoms with Gasteiger partial charge in [0.05, 0.1) is 0 Å². The van der Waals surface area contributed by atoms with E-state index in [0.717, 1.165) is 22.3 Å². The van der Waals surface area contributed by atoms with Crippen LogP contribution in [0.25, 0.3) is 11.1 Å². The first-order valence-corrected chi connectivity index (χ1v) is 11.8. The van der Waals surface area contributed by atoms with E-state index in [2.05, 4.69) is 17.4 Å². The van der Waals surface area contributed by atoms with Crippen molar-refractivity contribution in [3.8, 4) is 11.1 Å². The molecule has 2 amide bonds. The van der Waals surface area contributed by atoms with Crippen molar-refractivity contribution in [2.75, 3.05) is 26.9 Å². The zero-order chi connectivity index (χ0) is 25.6. The van der Waals surface area contributed by atoms with Crippen LogP contribution in [0.15, 0.2) is 48.5 Å². The Morgan fingerprint density at radius 1 is 1.03 bits per heavy atom. The van der Waals surface area contributed by atoms with Gasteiger partial charge in [-0.2, -0.15) is 0 Å². The lowest BCUT2D eigenvalue weighted by Crippen LogP contribution is -2.56. The maximum absolute atomic E-state index is 13.3. The molecule has 35 heavy (non-hydrogen) atoms. The molecule has 0 saturated heterocycles. The molecule has 8 nitrogen and oxygen atoms in total. The van der Waals surface area contributed by atoms with Crippen LogP contribution in [-0.4, -0.2) is 66.4 Å². The highest BCUT2D eigenvalue weighted by molar-refractivity contribution is 5.88. The second kappa shape index (κ2) is 11.4. The van der Waals surface area contributed by atoms with Crippen LogP contribution in [0.5, 0.6) is 0 Å². The molecule has 1 aliphatic carbocycles. The number of benzene rings is 2. The minimum atomic E-state index is -1.12. The second-order valence-electron chi connectivity index (χ2n) is 9.65. The fourth-order valence-corrected chi connectivity index (χ4v) is 4.44. The van der Waals surface area contributed by atoms with E-state index in [9.17, 15) is 19.5 Å². The highest BCUT2D eigenvalue weighted by Crippen LogP contribution is 2.44. The number of rotatable bonds is 10. The van der Waals surface area contributed by atoms with Gasteiger partial charge in [-0.05, 0) is 55.9 Å². The summed E-state index contributed by atoms with van der Waals surface area (Å²) in [5.74, 6) is -1.69. The van der Waals surface area contributed by atoms with Gasteiger partial charge in [-0.25, -0.2) is 4.79 Å². The zero-order valence-corrected chi connectivity index (χ0v) is 20.7. The highest BCUT2D eigenvalue weighted by atomic mass is 16.5. The van der Waals surface area contributed by atoms with E-state index in [1.165, 1.54) is 4.90 Å². The van der Waals surface area contributed by atoms with Gasteiger partial charge in [0.1, 0.15) is 19.2 Å². The third-order valence-corrected chi connectivity index (χ3v) is 6.14. The number of carbonyl (C=O) groups is 3. The first kappa shape index (κ1) is 26.2. The van der Waals surface area contributed by atoms with E-state index in [0.29, 0.717) is 19.4 Å². The van der Waals surface area contributed by atoms with Crippen LogP contribution < -0.4 is 5.32 Å². The lowest BCUT2D eigenvalue weighted by Gasteiger charge is -2.37. The molecule has 2 aromatic carbocycles. The molecule has 1 aliphatic rings. The van der Waals surface area contributed by atoms with E-state index in [4.69, 9.17) is 9.47 Å². The second-order valence-corrected chi connectivity index (χ2v) is 9.65. The Labute approximate surface area is 206 Å². The van der Waals surface area contributed by atoms with Gasteiger partial charge < -0.3 is 24.8 Å². The molecule has 2 N–H and O–H groups in total. The molecule has 0 aliphatic heterocycles. The molecule has 0 spiro atoms. The molecule has 2 aromatic rings. The topological polar surface area (TPSA) is 105 Å².